The van der Waals surface area contributed by atoms with Crippen molar-refractivity contribution in [1.82, 2.24) is 10.3 Å². The normalized spacial score (nSPS) is 19.2. The molecule has 0 unspecified atom stereocenters. The summed E-state index contributed by atoms with van der Waals surface area (Å²) in [5, 5.41) is 5.71. The molecule has 2 N–H and O–H groups in total. The summed E-state index contributed by atoms with van der Waals surface area (Å²) in [5.41, 5.74) is 0. The Morgan fingerprint density at radius 3 is 2.83 bits per heavy atom. The highest BCUT2D eigenvalue weighted by atomic mass is 35.6. The van der Waals surface area contributed by atoms with Gasteiger partial charge in [0.25, 0.3) is 0 Å². The molecule has 0 spiro atoms. The SMILES string of the molecule is O=C(N[C@H](Nc1ccc(Cl)cn1)C(Cl)(Cl)Cl)OC[C@@H]1CCCO1. The molecule has 1 aromatic rings. The number of nitrogens with one attached hydrogen (secondary N) is 2. The first-order valence-corrected chi connectivity index (χ1v) is 8.35. The molecule has 1 amide bonds. The first-order chi connectivity index (χ1) is 10.8. The van der Waals surface area contributed by atoms with Gasteiger partial charge in [-0.3, -0.25) is 5.32 Å². The molecule has 1 saturated heterocycles. The number of alkyl halides is 3. The van der Waals surface area contributed by atoms with Crippen LogP contribution >= 0.6 is 46.4 Å². The van der Waals surface area contributed by atoms with Crippen LogP contribution in [0.1, 0.15) is 12.8 Å². The van der Waals surface area contributed by atoms with Crippen LogP contribution in [-0.2, 0) is 9.47 Å². The zero-order valence-corrected chi connectivity index (χ0v) is 14.9. The maximum atomic E-state index is 11.9. The number of rotatable bonds is 5. The topological polar surface area (TPSA) is 72.5 Å². The standard InChI is InChI=1S/C13H15Cl4N3O3/c14-8-3-4-10(18-6-8)19-11(13(15,16)17)20-12(21)23-7-9-2-1-5-22-9/h3-4,6,9,11H,1-2,5,7H2,(H,18,19)(H,20,21)/t9-,11-/m0/s1. The molecule has 0 bridgehead atoms. The van der Waals surface area contributed by atoms with Gasteiger partial charge in [0.2, 0.25) is 3.79 Å². The van der Waals surface area contributed by atoms with Crippen molar-refractivity contribution < 1.29 is 14.3 Å². The van der Waals surface area contributed by atoms with Crippen molar-refractivity contribution in [3.05, 3.63) is 23.4 Å². The van der Waals surface area contributed by atoms with Gasteiger partial charge < -0.3 is 14.8 Å². The molecular weight excluding hydrogens is 388 g/mol. The van der Waals surface area contributed by atoms with Gasteiger partial charge in [0.15, 0.2) is 6.17 Å². The smallest absolute Gasteiger partial charge is 0.408 e. The molecule has 0 saturated carbocycles. The summed E-state index contributed by atoms with van der Waals surface area (Å²) < 4.78 is 8.62. The van der Waals surface area contributed by atoms with Gasteiger partial charge in [-0.05, 0) is 25.0 Å². The first-order valence-electron chi connectivity index (χ1n) is 6.84. The molecule has 2 heterocycles. The van der Waals surface area contributed by atoms with Crippen LogP contribution in [0.25, 0.3) is 0 Å². The zero-order chi connectivity index (χ0) is 16.9. The summed E-state index contributed by atoms with van der Waals surface area (Å²) in [5.74, 6) is 0.380. The molecular formula is C13H15Cl4N3O3. The van der Waals surface area contributed by atoms with E-state index in [1.54, 1.807) is 12.1 Å². The minimum Gasteiger partial charge on any atom is -0.447 e. The largest absolute Gasteiger partial charge is 0.447 e. The minimum absolute atomic E-state index is 0.0853. The number of carbonyl (C=O) groups is 1. The molecule has 1 fully saturated rings. The van der Waals surface area contributed by atoms with Crippen LogP contribution in [-0.4, -0.2) is 40.4 Å². The summed E-state index contributed by atoms with van der Waals surface area (Å²) in [4.78, 5) is 15.9. The predicted octanol–water partition coefficient (Wildman–Crippen LogP) is 3.75. The van der Waals surface area contributed by atoms with Gasteiger partial charge in [0.05, 0.1) is 11.1 Å². The van der Waals surface area contributed by atoms with E-state index in [4.69, 9.17) is 55.9 Å². The van der Waals surface area contributed by atoms with Crippen LogP contribution in [0.3, 0.4) is 0 Å². The number of halogens is 4. The molecule has 1 aliphatic heterocycles. The average molecular weight is 403 g/mol. The van der Waals surface area contributed by atoms with Gasteiger partial charge in [0.1, 0.15) is 12.4 Å². The number of nitrogens with zero attached hydrogens (tertiary/aromatic N) is 1. The fourth-order valence-electron chi connectivity index (χ4n) is 1.91. The molecule has 0 aromatic carbocycles. The third-order valence-electron chi connectivity index (χ3n) is 3.03. The van der Waals surface area contributed by atoms with E-state index in [0.29, 0.717) is 17.4 Å². The van der Waals surface area contributed by atoms with Crippen LogP contribution in [0.4, 0.5) is 10.6 Å². The molecule has 2 atom stereocenters. The summed E-state index contributed by atoms with van der Waals surface area (Å²) in [7, 11) is 0. The molecule has 128 valence electrons. The van der Waals surface area contributed by atoms with E-state index < -0.39 is 16.1 Å². The Bertz CT molecular complexity index is 518. The van der Waals surface area contributed by atoms with E-state index in [-0.39, 0.29) is 12.7 Å². The van der Waals surface area contributed by atoms with Crippen LogP contribution in [0.15, 0.2) is 18.3 Å². The van der Waals surface area contributed by atoms with Crippen LogP contribution in [0.5, 0.6) is 0 Å². The number of anilines is 1. The lowest BCUT2D eigenvalue weighted by atomic mass is 10.2. The number of carbonyl (C=O) groups excluding carboxylic acids is 1. The van der Waals surface area contributed by atoms with Crippen molar-refractivity contribution in [3.8, 4) is 0 Å². The molecule has 2 rings (SSSR count). The molecule has 10 heteroatoms. The fourth-order valence-corrected chi connectivity index (χ4v) is 2.35. The van der Waals surface area contributed by atoms with Crippen molar-refractivity contribution in [2.45, 2.75) is 28.9 Å². The van der Waals surface area contributed by atoms with Crippen LogP contribution < -0.4 is 10.6 Å². The zero-order valence-electron chi connectivity index (χ0n) is 11.9. The summed E-state index contributed by atoms with van der Waals surface area (Å²) >= 11 is 23.4. The lowest BCUT2D eigenvalue weighted by Crippen LogP contribution is -2.49. The quantitative estimate of drug-likeness (QED) is 0.579. The molecule has 6 nitrogen and oxygen atoms in total. The fraction of sp³-hybridized carbons (Fsp3) is 0.538. The van der Waals surface area contributed by atoms with E-state index in [9.17, 15) is 4.79 Å². The highest BCUT2D eigenvalue weighted by Gasteiger charge is 2.35. The van der Waals surface area contributed by atoms with Crippen molar-refractivity contribution in [3.63, 3.8) is 0 Å². The number of hydrogen-bond acceptors (Lipinski definition) is 5. The second-order valence-corrected chi connectivity index (χ2v) is 7.66. The number of aromatic nitrogens is 1. The van der Waals surface area contributed by atoms with Gasteiger partial charge in [-0.1, -0.05) is 46.4 Å². The Morgan fingerprint density at radius 1 is 1.48 bits per heavy atom. The van der Waals surface area contributed by atoms with Crippen molar-refractivity contribution >= 4 is 58.3 Å². The second kappa shape index (κ2) is 8.44. The van der Waals surface area contributed by atoms with E-state index in [1.807, 2.05) is 0 Å². The molecule has 23 heavy (non-hydrogen) atoms. The van der Waals surface area contributed by atoms with E-state index in [0.717, 1.165) is 12.8 Å². The first kappa shape index (κ1) is 18.7. The average Bonchev–Trinajstić information content (AvgIpc) is 2.99. The Balaban J connectivity index is 1.89. The van der Waals surface area contributed by atoms with Gasteiger partial charge >= 0.3 is 6.09 Å². The Hall–Kier alpha value is -0.660. The number of alkyl carbamates (subject to hydrolysis) is 1. The number of hydrogen-bond donors (Lipinski definition) is 2. The van der Waals surface area contributed by atoms with Crippen LogP contribution in [0.2, 0.25) is 5.02 Å². The van der Waals surface area contributed by atoms with Crippen LogP contribution in [0, 0.1) is 0 Å². The monoisotopic (exact) mass is 401 g/mol. The summed E-state index contributed by atoms with van der Waals surface area (Å²) in [6.45, 7) is 0.827. The molecule has 1 aromatic heterocycles. The molecule has 0 aliphatic carbocycles. The minimum atomic E-state index is -1.82. The molecule has 0 radical (unpaired) electrons. The lowest BCUT2D eigenvalue weighted by molar-refractivity contribution is 0.0432. The van der Waals surface area contributed by atoms with E-state index >= 15 is 0 Å². The second-order valence-electron chi connectivity index (χ2n) is 4.86. The lowest BCUT2D eigenvalue weighted by Gasteiger charge is -2.26. The summed E-state index contributed by atoms with van der Waals surface area (Å²) in [6, 6.07) is 3.20. The van der Waals surface area contributed by atoms with Crippen molar-refractivity contribution in [2.24, 2.45) is 0 Å². The van der Waals surface area contributed by atoms with Gasteiger partial charge in [-0.25, -0.2) is 9.78 Å². The third kappa shape index (κ3) is 6.39. The Labute approximate surface area is 153 Å². The Morgan fingerprint density at radius 2 is 2.26 bits per heavy atom. The van der Waals surface area contributed by atoms with E-state index in [2.05, 4.69) is 15.6 Å². The van der Waals surface area contributed by atoms with Gasteiger partial charge in [0, 0.05) is 12.8 Å². The maximum Gasteiger partial charge on any atom is 0.408 e. The highest BCUT2D eigenvalue weighted by Crippen LogP contribution is 2.31. The number of pyridine rings is 1. The predicted molar refractivity (Wildman–Crippen MR) is 90.4 cm³/mol. The van der Waals surface area contributed by atoms with E-state index in [1.165, 1.54) is 6.20 Å². The maximum absolute atomic E-state index is 11.9. The molecule has 1 aliphatic rings. The highest BCUT2D eigenvalue weighted by molar-refractivity contribution is 6.68. The third-order valence-corrected chi connectivity index (χ3v) is 3.91. The summed E-state index contributed by atoms with van der Waals surface area (Å²) in [6.07, 6.45) is 1.38. The number of ether oxygens (including phenoxy) is 2. The van der Waals surface area contributed by atoms with Crippen molar-refractivity contribution in [2.75, 3.05) is 18.5 Å². The van der Waals surface area contributed by atoms with Crippen molar-refractivity contribution in [1.29, 1.82) is 0 Å². The van der Waals surface area contributed by atoms with Gasteiger partial charge in [-0.15, -0.1) is 0 Å². The number of amides is 1. The Kier molecular flexibility index (Phi) is 6.85. The van der Waals surface area contributed by atoms with Gasteiger partial charge in [-0.2, -0.15) is 0 Å².